The van der Waals surface area contributed by atoms with Gasteiger partial charge in [-0.3, -0.25) is 4.79 Å². The molecule has 1 aromatic rings. The summed E-state index contributed by atoms with van der Waals surface area (Å²) in [5, 5.41) is 0. The van der Waals surface area contributed by atoms with Crippen molar-refractivity contribution in [1.29, 1.82) is 0 Å². The number of ketones is 1. The Kier molecular flexibility index (Phi) is 2.87. The summed E-state index contributed by atoms with van der Waals surface area (Å²) >= 11 is 1.71. The molecule has 3 heteroatoms. The number of thioether (sulfide) groups is 1. The number of hydrogen-bond donors (Lipinski definition) is 0. The Morgan fingerprint density at radius 3 is 3.07 bits per heavy atom. The summed E-state index contributed by atoms with van der Waals surface area (Å²) in [5.74, 6) is 0.916. The minimum atomic E-state index is -0.252. The third-order valence-corrected chi connectivity index (χ3v) is 3.47. The van der Waals surface area contributed by atoms with Crippen molar-refractivity contribution in [1.82, 2.24) is 0 Å². The van der Waals surface area contributed by atoms with Gasteiger partial charge in [0.2, 0.25) is 0 Å². The largest absolute Gasteiger partial charge is 0.299 e. The Hall–Kier alpha value is -0.830. The van der Waals surface area contributed by atoms with E-state index in [9.17, 15) is 9.18 Å². The molecule has 1 aliphatic rings. The number of carbonyl (C=O) groups excluding carboxylic acids is 1. The number of benzene rings is 1. The van der Waals surface area contributed by atoms with Crippen molar-refractivity contribution in [3.05, 3.63) is 29.6 Å². The highest BCUT2D eigenvalue weighted by Crippen LogP contribution is 2.27. The second-order valence-corrected chi connectivity index (χ2v) is 4.56. The van der Waals surface area contributed by atoms with Crippen LogP contribution in [0, 0.1) is 5.82 Å². The van der Waals surface area contributed by atoms with Crippen LogP contribution in [0.1, 0.15) is 18.4 Å². The molecular weight excluding hydrogens is 199 g/mol. The van der Waals surface area contributed by atoms with Crippen molar-refractivity contribution in [3.8, 4) is 0 Å². The van der Waals surface area contributed by atoms with Crippen LogP contribution >= 0.6 is 11.8 Å². The zero-order valence-corrected chi connectivity index (χ0v) is 8.57. The number of hydrogen-bond acceptors (Lipinski definition) is 2. The molecule has 0 amide bonds. The summed E-state index contributed by atoms with van der Waals surface area (Å²) in [5.41, 5.74) is 0.847. The van der Waals surface area contributed by atoms with Crippen LogP contribution in [0.2, 0.25) is 0 Å². The van der Waals surface area contributed by atoms with Gasteiger partial charge in [0, 0.05) is 17.7 Å². The van der Waals surface area contributed by atoms with E-state index in [4.69, 9.17) is 0 Å². The van der Waals surface area contributed by atoms with Crippen LogP contribution in [0.3, 0.4) is 0 Å². The standard InChI is InChI=1S/C11H11FOS/c12-9-3-4-11-8(6-9)7-10(13)2-1-5-14-11/h3-4,6H,1-2,5,7H2. The molecule has 0 N–H and O–H groups in total. The summed E-state index contributed by atoms with van der Waals surface area (Å²) in [7, 11) is 0. The first kappa shape index (κ1) is 9.71. The molecule has 0 aliphatic carbocycles. The first-order valence-corrected chi connectivity index (χ1v) is 5.67. The zero-order chi connectivity index (χ0) is 9.97. The maximum atomic E-state index is 12.9. The molecule has 1 nitrogen and oxygen atoms in total. The van der Waals surface area contributed by atoms with E-state index in [1.165, 1.54) is 12.1 Å². The second-order valence-electron chi connectivity index (χ2n) is 3.42. The minimum Gasteiger partial charge on any atom is -0.299 e. The van der Waals surface area contributed by atoms with Gasteiger partial charge in [-0.25, -0.2) is 4.39 Å². The lowest BCUT2D eigenvalue weighted by Gasteiger charge is -2.12. The molecule has 0 unspecified atom stereocenters. The average Bonchev–Trinajstić information content (AvgIpc) is 2.12. The minimum absolute atomic E-state index is 0.220. The van der Waals surface area contributed by atoms with Gasteiger partial charge in [-0.1, -0.05) is 0 Å². The van der Waals surface area contributed by atoms with Crippen molar-refractivity contribution >= 4 is 17.5 Å². The predicted octanol–water partition coefficient (Wildman–Crippen LogP) is 2.82. The SMILES string of the molecule is O=C1CCCSc2ccc(F)cc2C1. The first-order valence-electron chi connectivity index (χ1n) is 4.68. The van der Waals surface area contributed by atoms with Crippen LogP contribution in [0.15, 0.2) is 23.1 Å². The maximum Gasteiger partial charge on any atom is 0.137 e. The average molecular weight is 210 g/mol. The second kappa shape index (κ2) is 4.13. The van der Waals surface area contributed by atoms with Gasteiger partial charge in [-0.15, -0.1) is 11.8 Å². The Balaban J connectivity index is 2.34. The van der Waals surface area contributed by atoms with Crippen LogP contribution < -0.4 is 0 Å². The lowest BCUT2D eigenvalue weighted by atomic mass is 10.1. The van der Waals surface area contributed by atoms with Gasteiger partial charge < -0.3 is 0 Å². The molecule has 0 aromatic heterocycles. The van der Waals surface area contributed by atoms with E-state index in [0.717, 1.165) is 22.6 Å². The highest BCUT2D eigenvalue weighted by atomic mass is 32.2. The summed E-state index contributed by atoms with van der Waals surface area (Å²) in [6.45, 7) is 0. The lowest BCUT2D eigenvalue weighted by molar-refractivity contribution is -0.118. The normalized spacial score (nSPS) is 17.1. The van der Waals surface area contributed by atoms with Crippen LogP contribution in [0.4, 0.5) is 4.39 Å². The quantitative estimate of drug-likeness (QED) is 0.655. The molecule has 0 atom stereocenters. The molecule has 0 saturated heterocycles. The molecule has 0 radical (unpaired) electrons. The molecule has 2 rings (SSSR count). The van der Waals surface area contributed by atoms with E-state index < -0.39 is 0 Å². The van der Waals surface area contributed by atoms with Gasteiger partial charge in [0.1, 0.15) is 11.6 Å². The topological polar surface area (TPSA) is 17.1 Å². The third kappa shape index (κ3) is 2.15. The molecule has 0 saturated carbocycles. The molecule has 14 heavy (non-hydrogen) atoms. The van der Waals surface area contributed by atoms with Gasteiger partial charge in [0.05, 0.1) is 0 Å². The van der Waals surface area contributed by atoms with Gasteiger partial charge >= 0.3 is 0 Å². The molecule has 0 spiro atoms. The molecular formula is C11H11FOS. The molecule has 0 bridgehead atoms. The van der Waals surface area contributed by atoms with E-state index in [0.29, 0.717) is 12.8 Å². The highest BCUT2D eigenvalue weighted by Gasteiger charge is 2.12. The zero-order valence-electron chi connectivity index (χ0n) is 7.75. The first-order chi connectivity index (χ1) is 6.75. The Bertz CT molecular complexity index is 362. The van der Waals surface area contributed by atoms with Crippen molar-refractivity contribution in [2.45, 2.75) is 24.2 Å². The van der Waals surface area contributed by atoms with Crippen molar-refractivity contribution < 1.29 is 9.18 Å². The summed E-state index contributed by atoms with van der Waals surface area (Å²) in [4.78, 5) is 12.4. The van der Waals surface area contributed by atoms with Crippen LogP contribution in [0.25, 0.3) is 0 Å². The highest BCUT2D eigenvalue weighted by molar-refractivity contribution is 7.99. The Morgan fingerprint density at radius 1 is 1.36 bits per heavy atom. The molecule has 1 heterocycles. The number of carbonyl (C=O) groups is 1. The number of rotatable bonds is 0. The molecule has 1 aromatic carbocycles. The smallest absolute Gasteiger partial charge is 0.137 e. The fourth-order valence-corrected chi connectivity index (χ4v) is 2.57. The van der Waals surface area contributed by atoms with Gasteiger partial charge in [0.15, 0.2) is 0 Å². The lowest BCUT2D eigenvalue weighted by Crippen LogP contribution is -2.07. The van der Waals surface area contributed by atoms with Gasteiger partial charge in [-0.05, 0) is 35.9 Å². The van der Waals surface area contributed by atoms with E-state index >= 15 is 0 Å². The number of halogens is 1. The summed E-state index contributed by atoms with van der Waals surface area (Å²) in [6, 6.07) is 4.71. The van der Waals surface area contributed by atoms with E-state index in [1.807, 2.05) is 0 Å². The number of Topliss-reactive ketones (excluding diaryl/α,β-unsaturated/α-hetero) is 1. The Morgan fingerprint density at radius 2 is 2.21 bits per heavy atom. The monoisotopic (exact) mass is 210 g/mol. The Labute approximate surface area is 86.7 Å². The van der Waals surface area contributed by atoms with Crippen molar-refractivity contribution in [2.24, 2.45) is 0 Å². The predicted molar refractivity (Wildman–Crippen MR) is 55.1 cm³/mol. The van der Waals surface area contributed by atoms with Gasteiger partial charge in [0.25, 0.3) is 0 Å². The van der Waals surface area contributed by atoms with E-state index in [2.05, 4.69) is 0 Å². The fraction of sp³-hybridized carbons (Fsp3) is 0.364. The molecule has 74 valence electrons. The van der Waals surface area contributed by atoms with Crippen LogP contribution in [-0.4, -0.2) is 11.5 Å². The van der Waals surface area contributed by atoms with Crippen molar-refractivity contribution in [3.63, 3.8) is 0 Å². The van der Waals surface area contributed by atoms with Crippen LogP contribution in [0.5, 0.6) is 0 Å². The van der Waals surface area contributed by atoms with Gasteiger partial charge in [-0.2, -0.15) is 0 Å². The van der Waals surface area contributed by atoms with E-state index in [1.54, 1.807) is 17.8 Å². The third-order valence-electron chi connectivity index (χ3n) is 2.27. The molecule has 1 aliphatic heterocycles. The summed E-state index contributed by atoms with van der Waals surface area (Å²) in [6.07, 6.45) is 1.95. The fourth-order valence-electron chi connectivity index (χ4n) is 1.58. The van der Waals surface area contributed by atoms with Crippen LogP contribution in [-0.2, 0) is 11.2 Å². The van der Waals surface area contributed by atoms with Crippen molar-refractivity contribution in [2.75, 3.05) is 5.75 Å². The van der Waals surface area contributed by atoms with E-state index in [-0.39, 0.29) is 11.6 Å². The maximum absolute atomic E-state index is 12.9. The number of fused-ring (bicyclic) bond motifs is 1. The molecule has 0 fully saturated rings. The summed E-state index contributed by atoms with van der Waals surface area (Å²) < 4.78 is 12.9.